The molecule has 0 radical (unpaired) electrons. The van der Waals surface area contributed by atoms with E-state index in [2.05, 4.69) is 0 Å². The zero-order valence-electron chi connectivity index (χ0n) is 11.4. The number of hydrogen-bond acceptors (Lipinski definition) is 4. The van der Waals surface area contributed by atoms with E-state index < -0.39 is 10.0 Å². The number of hydrogen-bond donors (Lipinski definition) is 1. The molecular weight excluding hydrogens is 318 g/mol. The first-order valence-corrected chi connectivity index (χ1v) is 9.15. The van der Waals surface area contributed by atoms with Gasteiger partial charge in [-0.15, -0.1) is 0 Å². The molecule has 1 aliphatic heterocycles. The van der Waals surface area contributed by atoms with Gasteiger partial charge < -0.3 is 5.11 Å². The maximum atomic E-state index is 12.6. The largest absolute Gasteiger partial charge is 0.392 e. The predicted molar refractivity (Wildman–Crippen MR) is 82.6 cm³/mol. The van der Waals surface area contributed by atoms with Gasteiger partial charge in [0.1, 0.15) is 0 Å². The summed E-state index contributed by atoms with van der Waals surface area (Å²) >= 11 is 7.79. The zero-order valence-corrected chi connectivity index (χ0v) is 13.8. The van der Waals surface area contributed by atoms with Crippen molar-refractivity contribution in [2.75, 3.05) is 13.1 Å². The highest BCUT2D eigenvalue weighted by Crippen LogP contribution is 2.30. The van der Waals surface area contributed by atoms with Crippen LogP contribution in [0.4, 0.5) is 0 Å². The highest BCUT2D eigenvalue weighted by Gasteiger charge is 2.32. The second-order valence-corrected chi connectivity index (χ2v) is 9.22. The van der Waals surface area contributed by atoms with E-state index in [0.717, 1.165) is 0 Å². The number of rotatable bonds is 3. The van der Waals surface area contributed by atoms with Gasteiger partial charge in [0.15, 0.2) is 0 Å². The molecule has 112 valence electrons. The molecule has 2 unspecified atom stereocenters. The van der Waals surface area contributed by atoms with Crippen LogP contribution in [0.15, 0.2) is 23.1 Å². The summed E-state index contributed by atoms with van der Waals surface area (Å²) in [5.74, 6) is 0. The Morgan fingerprint density at radius 2 is 1.95 bits per heavy atom. The van der Waals surface area contributed by atoms with Gasteiger partial charge in [-0.2, -0.15) is 16.1 Å². The van der Waals surface area contributed by atoms with Gasteiger partial charge >= 0.3 is 0 Å². The Labute approximate surface area is 129 Å². The minimum Gasteiger partial charge on any atom is -0.392 e. The van der Waals surface area contributed by atoms with Gasteiger partial charge in [0, 0.05) is 28.6 Å². The lowest BCUT2D eigenvalue weighted by molar-refractivity contribution is 0.282. The van der Waals surface area contributed by atoms with E-state index in [4.69, 9.17) is 16.7 Å². The summed E-state index contributed by atoms with van der Waals surface area (Å²) < 4.78 is 26.8. The van der Waals surface area contributed by atoms with E-state index in [-0.39, 0.29) is 27.0 Å². The van der Waals surface area contributed by atoms with Crippen molar-refractivity contribution in [3.05, 3.63) is 28.8 Å². The van der Waals surface area contributed by atoms with Crippen molar-refractivity contribution in [3.63, 3.8) is 0 Å². The Balaban J connectivity index is 2.32. The molecule has 7 heteroatoms. The van der Waals surface area contributed by atoms with Crippen LogP contribution in [0.25, 0.3) is 0 Å². The molecule has 2 rings (SSSR count). The fraction of sp³-hybridized carbons (Fsp3) is 0.538. The number of sulfonamides is 1. The van der Waals surface area contributed by atoms with Crippen molar-refractivity contribution < 1.29 is 13.5 Å². The minimum atomic E-state index is -3.52. The smallest absolute Gasteiger partial charge is 0.243 e. The van der Waals surface area contributed by atoms with Gasteiger partial charge in [0.25, 0.3) is 0 Å². The van der Waals surface area contributed by atoms with Crippen LogP contribution in [0.2, 0.25) is 5.02 Å². The molecule has 1 aromatic carbocycles. The number of halogens is 1. The van der Waals surface area contributed by atoms with E-state index in [1.165, 1.54) is 16.4 Å². The normalized spacial score (nSPS) is 24.8. The van der Waals surface area contributed by atoms with Gasteiger partial charge in [0.2, 0.25) is 10.0 Å². The van der Waals surface area contributed by atoms with E-state index >= 15 is 0 Å². The molecule has 1 aliphatic rings. The Hall–Kier alpha value is -0.270. The quantitative estimate of drug-likeness (QED) is 0.921. The molecule has 0 aromatic heterocycles. The van der Waals surface area contributed by atoms with Crippen molar-refractivity contribution >= 4 is 33.4 Å². The van der Waals surface area contributed by atoms with Crippen LogP contribution in [0.5, 0.6) is 0 Å². The molecule has 0 saturated carbocycles. The number of aliphatic hydroxyl groups excluding tert-OH is 1. The van der Waals surface area contributed by atoms with E-state index in [0.29, 0.717) is 18.7 Å². The lowest BCUT2D eigenvalue weighted by atomic mass is 10.2. The highest BCUT2D eigenvalue weighted by molar-refractivity contribution is 8.00. The van der Waals surface area contributed by atoms with Crippen molar-refractivity contribution in [2.45, 2.75) is 35.8 Å². The second-order valence-electron chi connectivity index (χ2n) is 4.99. The van der Waals surface area contributed by atoms with Crippen LogP contribution in [0.3, 0.4) is 0 Å². The summed E-state index contributed by atoms with van der Waals surface area (Å²) in [7, 11) is -3.52. The molecule has 4 nitrogen and oxygen atoms in total. The Kier molecular flexibility index (Phi) is 5.02. The van der Waals surface area contributed by atoms with Crippen molar-refractivity contribution in [2.24, 2.45) is 0 Å². The first-order valence-electron chi connectivity index (χ1n) is 6.39. The average molecular weight is 336 g/mol. The van der Waals surface area contributed by atoms with Gasteiger partial charge in [-0.25, -0.2) is 8.42 Å². The molecule has 0 bridgehead atoms. The van der Waals surface area contributed by atoms with Crippen LogP contribution < -0.4 is 0 Å². The van der Waals surface area contributed by atoms with E-state index in [1.54, 1.807) is 17.8 Å². The van der Waals surface area contributed by atoms with Crippen LogP contribution in [-0.2, 0) is 16.6 Å². The van der Waals surface area contributed by atoms with Crippen LogP contribution >= 0.6 is 23.4 Å². The Morgan fingerprint density at radius 3 is 2.45 bits per heavy atom. The summed E-state index contributed by atoms with van der Waals surface area (Å²) in [6, 6.07) is 4.48. The van der Waals surface area contributed by atoms with E-state index in [9.17, 15) is 8.42 Å². The fourth-order valence-electron chi connectivity index (χ4n) is 2.29. The van der Waals surface area contributed by atoms with Gasteiger partial charge in [0.05, 0.1) is 11.5 Å². The number of nitrogens with zero attached hydrogens (tertiary/aromatic N) is 1. The fourth-order valence-corrected chi connectivity index (χ4v) is 5.76. The highest BCUT2D eigenvalue weighted by atomic mass is 35.5. The van der Waals surface area contributed by atoms with Gasteiger partial charge in [-0.1, -0.05) is 31.5 Å². The molecule has 20 heavy (non-hydrogen) atoms. The first kappa shape index (κ1) is 16.1. The Bertz CT molecular complexity index is 581. The molecule has 2 atom stereocenters. The molecule has 0 spiro atoms. The van der Waals surface area contributed by atoms with Crippen LogP contribution in [-0.4, -0.2) is 41.4 Å². The van der Waals surface area contributed by atoms with Crippen molar-refractivity contribution in [1.82, 2.24) is 4.31 Å². The molecule has 1 fully saturated rings. The number of benzene rings is 1. The first-order chi connectivity index (χ1) is 9.34. The summed E-state index contributed by atoms with van der Waals surface area (Å²) in [6.45, 7) is 4.89. The molecule has 1 N–H and O–H groups in total. The van der Waals surface area contributed by atoms with Gasteiger partial charge in [-0.05, 0) is 17.7 Å². The predicted octanol–water partition coefficient (Wildman–Crippen LogP) is 2.35. The van der Waals surface area contributed by atoms with E-state index in [1.807, 2.05) is 13.8 Å². The maximum Gasteiger partial charge on any atom is 0.243 e. The zero-order chi connectivity index (χ0) is 14.9. The molecule has 1 heterocycles. The van der Waals surface area contributed by atoms with Crippen molar-refractivity contribution in [3.8, 4) is 0 Å². The molecule has 1 aromatic rings. The lowest BCUT2D eigenvalue weighted by Crippen LogP contribution is -2.43. The topological polar surface area (TPSA) is 57.6 Å². The molecule has 0 aliphatic carbocycles. The summed E-state index contributed by atoms with van der Waals surface area (Å²) in [6.07, 6.45) is 0. The molecule has 1 saturated heterocycles. The molecule has 0 amide bonds. The molecular formula is C13H18ClNO3S2. The average Bonchev–Trinajstić information content (AvgIpc) is 2.37. The van der Waals surface area contributed by atoms with Crippen LogP contribution in [0.1, 0.15) is 19.4 Å². The van der Waals surface area contributed by atoms with Crippen LogP contribution in [0, 0.1) is 0 Å². The summed E-state index contributed by atoms with van der Waals surface area (Å²) in [4.78, 5) is 0.186. The Morgan fingerprint density at radius 1 is 1.35 bits per heavy atom. The second kappa shape index (κ2) is 6.23. The van der Waals surface area contributed by atoms with Gasteiger partial charge in [-0.3, -0.25) is 0 Å². The lowest BCUT2D eigenvalue weighted by Gasteiger charge is -2.33. The summed E-state index contributed by atoms with van der Waals surface area (Å²) in [5, 5.41) is 9.92. The third-order valence-corrected chi connectivity index (χ3v) is 6.63. The van der Waals surface area contributed by atoms with Crippen molar-refractivity contribution in [1.29, 1.82) is 0 Å². The number of aliphatic hydroxyl groups is 1. The summed E-state index contributed by atoms with van der Waals surface area (Å²) in [5.41, 5.74) is 0.529. The minimum absolute atomic E-state index is 0.186. The third-order valence-electron chi connectivity index (χ3n) is 3.22. The monoisotopic (exact) mass is 335 g/mol. The number of thioether (sulfide) groups is 1. The maximum absolute atomic E-state index is 12.6. The standard InChI is InChI=1S/C13H18ClNO3S2/c1-9-6-15(7-10(2)19-9)20(17,18)12-4-3-11(8-16)13(14)5-12/h3-5,9-10,16H,6-8H2,1-2H3. The third kappa shape index (κ3) is 3.31. The SMILES string of the molecule is CC1CN(S(=O)(=O)c2ccc(CO)c(Cl)c2)CC(C)S1.